The van der Waals surface area contributed by atoms with Crippen molar-refractivity contribution in [2.75, 3.05) is 18.5 Å². The number of ether oxygens (including phenoxy) is 1. The van der Waals surface area contributed by atoms with Crippen LogP contribution in [-0.4, -0.2) is 19.1 Å². The molecule has 2 aromatic rings. The zero-order valence-electron chi connectivity index (χ0n) is 12.3. The number of anilines is 1. The standard InChI is InChI=1S/C18H21NO2/c1-2-21-18(20)13-8-14-19-17-12-7-6-11-16(17)15-9-4-3-5-10-15/h3-7,9-12,19H,2,8,13-14H2,1H3. The number of nitrogens with one attached hydrogen (secondary N) is 1. The van der Waals surface area contributed by atoms with Gasteiger partial charge in [0, 0.05) is 24.2 Å². The third-order valence-electron chi connectivity index (χ3n) is 3.19. The highest BCUT2D eigenvalue weighted by Gasteiger charge is 2.04. The first-order chi connectivity index (χ1) is 10.3. The van der Waals surface area contributed by atoms with Gasteiger partial charge >= 0.3 is 5.97 Å². The summed E-state index contributed by atoms with van der Waals surface area (Å²) in [6.45, 7) is 3.03. The Morgan fingerprint density at radius 1 is 1.05 bits per heavy atom. The number of esters is 1. The van der Waals surface area contributed by atoms with Gasteiger partial charge in [0.05, 0.1) is 6.61 Å². The topological polar surface area (TPSA) is 38.3 Å². The molecule has 2 aromatic carbocycles. The van der Waals surface area contributed by atoms with E-state index in [1.807, 2.05) is 37.3 Å². The van der Waals surface area contributed by atoms with Gasteiger partial charge in [0.2, 0.25) is 0 Å². The van der Waals surface area contributed by atoms with E-state index in [1.165, 1.54) is 11.1 Å². The van der Waals surface area contributed by atoms with Gasteiger partial charge < -0.3 is 10.1 Å². The van der Waals surface area contributed by atoms with Crippen LogP contribution < -0.4 is 5.32 Å². The van der Waals surface area contributed by atoms with Crippen molar-refractivity contribution >= 4 is 11.7 Å². The number of benzene rings is 2. The normalized spacial score (nSPS) is 10.1. The van der Waals surface area contributed by atoms with Crippen molar-refractivity contribution in [3.05, 3.63) is 54.6 Å². The lowest BCUT2D eigenvalue weighted by Crippen LogP contribution is -2.08. The molecule has 1 N–H and O–H groups in total. The molecule has 21 heavy (non-hydrogen) atoms. The van der Waals surface area contributed by atoms with Crippen LogP contribution in [-0.2, 0) is 9.53 Å². The predicted molar refractivity (Wildman–Crippen MR) is 86.2 cm³/mol. The van der Waals surface area contributed by atoms with Crippen molar-refractivity contribution in [2.24, 2.45) is 0 Å². The van der Waals surface area contributed by atoms with Gasteiger partial charge in [-0.2, -0.15) is 0 Å². The molecule has 0 aromatic heterocycles. The zero-order valence-corrected chi connectivity index (χ0v) is 12.3. The molecule has 3 heteroatoms. The smallest absolute Gasteiger partial charge is 0.305 e. The molecule has 0 atom stereocenters. The fraction of sp³-hybridized carbons (Fsp3) is 0.278. The first-order valence-electron chi connectivity index (χ1n) is 7.35. The Labute approximate surface area is 126 Å². The second-order valence-electron chi connectivity index (χ2n) is 4.75. The fourth-order valence-electron chi connectivity index (χ4n) is 2.20. The summed E-state index contributed by atoms with van der Waals surface area (Å²) in [6, 6.07) is 18.5. The van der Waals surface area contributed by atoms with E-state index in [0.717, 1.165) is 18.7 Å². The summed E-state index contributed by atoms with van der Waals surface area (Å²) in [5, 5.41) is 3.40. The van der Waals surface area contributed by atoms with Crippen LogP contribution in [0.5, 0.6) is 0 Å². The van der Waals surface area contributed by atoms with Gasteiger partial charge in [0.25, 0.3) is 0 Å². The van der Waals surface area contributed by atoms with E-state index in [1.54, 1.807) is 0 Å². The second kappa shape index (κ2) is 8.10. The van der Waals surface area contributed by atoms with Gasteiger partial charge in [0.15, 0.2) is 0 Å². The number of carbonyl (C=O) groups excluding carboxylic acids is 1. The van der Waals surface area contributed by atoms with Gasteiger partial charge in [-0.05, 0) is 25.0 Å². The number of rotatable bonds is 7. The van der Waals surface area contributed by atoms with Crippen molar-refractivity contribution in [3.63, 3.8) is 0 Å². The van der Waals surface area contributed by atoms with E-state index in [0.29, 0.717) is 13.0 Å². The maximum atomic E-state index is 11.3. The summed E-state index contributed by atoms with van der Waals surface area (Å²) in [7, 11) is 0. The third-order valence-corrected chi connectivity index (χ3v) is 3.19. The Morgan fingerprint density at radius 3 is 2.52 bits per heavy atom. The van der Waals surface area contributed by atoms with E-state index in [-0.39, 0.29) is 5.97 Å². The van der Waals surface area contributed by atoms with E-state index in [9.17, 15) is 4.79 Å². The Balaban J connectivity index is 1.94. The molecule has 0 saturated heterocycles. The van der Waals surface area contributed by atoms with Crippen LogP contribution in [0.4, 0.5) is 5.69 Å². The predicted octanol–water partition coefficient (Wildman–Crippen LogP) is 4.11. The van der Waals surface area contributed by atoms with Crippen molar-refractivity contribution in [2.45, 2.75) is 19.8 Å². The SMILES string of the molecule is CCOC(=O)CCCNc1ccccc1-c1ccccc1. The van der Waals surface area contributed by atoms with Crippen LogP contribution in [0.2, 0.25) is 0 Å². The van der Waals surface area contributed by atoms with Crippen molar-refractivity contribution in [3.8, 4) is 11.1 Å². The third kappa shape index (κ3) is 4.63. The molecular formula is C18H21NO2. The average molecular weight is 283 g/mol. The van der Waals surface area contributed by atoms with Crippen molar-refractivity contribution in [1.82, 2.24) is 0 Å². The minimum atomic E-state index is -0.129. The summed E-state index contributed by atoms with van der Waals surface area (Å²) >= 11 is 0. The summed E-state index contributed by atoms with van der Waals surface area (Å²) in [5.41, 5.74) is 3.45. The molecular weight excluding hydrogens is 262 g/mol. The van der Waals surface area contributed by atoms with Crippen LogP contribution in [0.15, 0.2) is 54.6 Å². The van der Waals surface area contributed by atoms with E-state index >= 15 is 0 Å². The molecule has 3 nitrogen and oxygen atoms in total. The van der Waals surface area contributed by atoms with E-state index < -0.39 is 0 Å². The molecule has 0 heterocycles. The molecule has 0 radical (unpaired) electrons. The molecule has 0 aliphatic heterocycles. The molecule has 2 rings (SSSR count). The molecule has 0 unspecified atom stereocenters. The Bertz CT molecular complexity index is 566. The summed E-state index contributed by atoms with van der Waals surface area (Å²) < 4.78 is 4.92. The molecule has 0 aliphatic carbocycles. The highest BCUT2D eigenvalue weighted by atomic mass is 16.5. The highest BCUT2D eigenvalue weighted by Crippen LogP contribution is 2.27. The monoisotopic (exact) mass is 283 g/mol. The molecule has 0 aliphatic rings. The Hall–Kier alpha value is -2.29. The van der Waals surface area contributed by atoms with E-state index in [2.05, 4.69) is 29.6 Å². The number of para-hydroxylation sites is 1. The summed E-state index contributed by atoms with van der Waals surface area (Å²) in [5.74, 6) is -0.129. The maximum Gasteiger partial charge on any atom is 0.305 e. The Morgan fingerprint density at radius 2 is 1.76 bits per heavy atom. The minimum absolute atomic E-state index is 0.129. The van der Waals surface area contributed by atoms with Gasteiger partial charge in [-0.1, -0.05) is 48.5 Å². The lowest BCUT2D eigenvalue weighted by atomic mass is 10.0. The van der Waals surface area contributed by atoms with Crippen LogP contribution in [0.3, 0.4) is 0 Å². The van der Waals surface area contributed by atoms with E-state index in [4.69, 9.17) is 4.74 Å². The van der Waals surface area contributed by atoms with Crippen LogP contribution in [0.25, 0.3) is 11.1 Å². The molecule has 0 amide bonds. The van der Waals surface area contributed by atoms with Gasteiger partial charge in [-0.3, -0.25) is 4.79 Å². The summed E-state index contributed by atoms with van der Waals surface area (Å²) in [4.78, 5) is 11.3. The van der Waals surface area contributed by atoms with Crippen molar-refractivity contribution < 1.29 is 9.53 Å². The maximum absolute atomic E-state index is 11.3. The fourth-order valence-corrected chi connectivity index (χ4v) is 2.20. The number of hydrogen-bond acceptors (Lipinski definition) is 3. The zero-order chi connectivity index (χ0) is 14.9. The molecule has 0 saturated carbocycles. The lowest BCUT2D eigenvalue weighted by molar-refractivity contribution is -0.143. The number of hydrogen-bond donors (Lipinski definition) is 1. The molecule has 0 spiro atoms. The molecule has 0 bridgehead atoms. The van der Waals surface area contributed by atoms with Gasteiger partial charge in [-0.15, -0.1) is 0 Å². The molecule has 110 valence electrons. The van der Waals surface area contributed by atoms with Gasteiger partial charge in [0.1, 0.15) is 0 Å². The first kappa shape index (κ1) is 15.1. The first-order valence-corrected chi connectivity index (χ1v) is 7.35. The quantitative estimate of drug-likeness (QED) is 0.614. The van der Waals surface area contributed by atoms with Crippen LogP contribution >= 0.6 is 0 Å². The number of carbonyl (C=O) groups is 1. The Kier molecular flexibility index (Phi) is 5.83. The largest absolute Gasteiger partial charge is 0.466 e. The van der Waals surface area contributed by atoms with Gasteiger partial charge in [-0.25, -0.2) is 0 Å². The molecule has 0 fully saturated rings. The highest BCUT2D eigenvalue weighted by molar-refractivity contribution is 5.77. The lowest BCUT2D eigenvalue weighted by Gasteiger charge is -2.12. The van der Waals surface area contributed by atoms with Crippen molar-refractivity contribution in [1.29, 1.82) is 0 Å². The minimum Gasteiger partial charge on any atom is -0.466 e. The average Bonchev–Trinajstić information content (AvgIpc) is 2.53. The van der Waals surface area contributed by atoms with Crippen LogP contribution in [0.1, 0.15) is 19.8 Å². The summed E-state index contributed by atoms with van der Waals surface area (Å²) in [6.07, 6.45) is 1.22. The van der Waals surface area contributed by atoms with Crippen LogP contribution in [0, 0.1) is 0 Å². The second-order valence-corrected chi connectivity index (χ2v) is 4.75.